The topological polar surface area (TPSA) is 56.0 Å². The number of nitrogens with zero attached hydrogens (tertiary/aromatic N) is 2. The second kappa shape index (κ2) is 6.00. The molecule has 0 saturated carbocycles. The third-order valence-corrected chi connectivity index (χ3v) is 4.61. The molecular formula is C19H21N3O2. The Labute approximate surface area is 140 Å². The number of amides is 1. The van der Waals surface area contributed by atoms with Gasteiger partial charge in [-0.05, 0) is 50.1 Å². The van der Waals surface area contributed by atoms with Gasteiger partial charge in [-0.2, -0.15) is 0 Å². The molecule has 0 aliphatic heterocycles. The molecule has 5 nitrogen and oxygen atoms in total. The number of anilines is 1. The number of fused-ring (bicyclic) bond motifs is 1. The third kappa shape index (κ3) is 2.52. The van der Waals surface area contributed by atoms with Crippen molar-refractivity contribution in [2.75, 3.05) is 5.32 Å². The lowest BCUT2D eigenvalue weighted by molar-refractivity contribution is 0.101. The summed E-state index contributed by atoms with van der Waals surface area (Å²) in [5.74, 6) is -0.218. The first-order valence-corrected chi connectivity index (χ1v) is 8.00. The molecular weight excluding hydrogens is 302 g/mol. The Balaban J connectivity index is 2.04. The summed E-state index contributed by atoms with van der Waals surface area (Å²) in [4.78, 5) is 25.1. The van der Waals surface area contributed by atoms with Gasteiger partial charge in [0.05, 0.1) is 10.9 Å². The van der Waals surface area contributed by atoms with Crippen LogP contribution in [0.15, 0.2) is 41.3 Å². The van der Waals surface area contributed by atoms with Gasteiger partial charge in [-0.15, -0.1) is 0 Å². The molecule has 0 spiro atoms. The maximum atomic E-state index is 12.7. The SMILES string of the molecule is CCn1ccc2c(cc(C(=O)Nc3cccc(C)c3C)n2C)c1=O. The fraction of sp³-hybridized carbons (Fsp3) is 0.263. The zero-order chi connectivity index (χ0) is 17.4. The van der Waals surface area contributed by atoms with Crippen molar-refractivity contribution in [3.8, 4) is 0 Å². The van der Waals surface area contributed by atoms with E-state index in [0.717, 1.165) is 22.3 Å². The van der Waals surface area contributed by atoms with Crippen LogP contribution in [-0.2, 0) is 13.6 Å². The second-order valence-electron chi connectivity index (χ2n) is 6.00. The van der Waals surface area contributed by atoms with Gasteiger partial charge in [0.2, 0.25) is 0 Å². The standard InChI is InChI=1S/C19H21N3O2/c1-5-22-10-9-16-14(19(22)24)11-17(21(16)4)18(23)20-15-8-6-7-12(2)13(15)3/h6-11H,5H2,1-4H3,(H,20,23). The number of hydrogen-bond acceptors (Lipinski definition) is 2. The van der Waals surface area contributed by atoms with Gasteiger partial charge in [0.1, 0.15) is 5.69 Å². The molecule has 1 amide bonds. The van der Waals surface area contributed by atoms with E-state index in [4.69, 9.17) is 0 Å². The highest BCUT2D eigenvalue weighted by Gasteiger charge is 2.16. The summed E-state index contributed by atoms with van der Waals surface area (Å²) < 4.78 is 3.39. The molecule has 2 aromatic heterocycles. The molecule has 0 unspecified atom stereocenters. The maximum Gasteiger partial charge on any atom is 0.272 e. The molecule has 3 aromatic rings. The summed E-state index contributed by atoms with van der Waals surface area (Å²) in [6.07, 6.45) is 1.76. The van der Waals surface area contributed by atoms with E-state index in [0.29, 0.717) is 17.6 Å². The Morgan fingerprint density at radius 3 is 2.67 bits per heavy atom. The van der Waals surface area contributed by atoms with E-state index < -0.39 is 0 Å². The minimum absolute atomic E-state index is 0.0728. The predicted molar refractivity (Wildman–Crippen MR) is 96.7 cm³/mol. The number of carbonyl (C=O) groups is 1. The number of hydrogen-bond donors (Lipinski definition) is 1. The Morgan fingerprint density at radius 2 is 1.96 bits per heavy atom. The van der Waals surface area contributed by atoms with Crippen LogP contribution in [0.4, 0.5) is 5.69 Å². The van der Waals surface area contributed by atoms with Gasteiger partial charge in [0.15, 0.2) is 0 Å². The summed E-state index contributed by atoms with van der Waals surface area (Å²) >= 11 is 0. The van der Waals surface area contributed by atoms with Crippen LogP contribution in [-0.4, -0.2) is 15.0 Å². The van der Waals surface area contributed by atoms with Crippen molar-refractivity contribution < 1.29 is 4.79 Å². The minimum Gasteiger partial charge on any atom is -0.339 e. The monoisotopic (exact) mass is 323 g/mol. The van der Waals surface area contributed by atoms with E-state index in [9.17, 15) is 9.59 Å². The Hall–Kier alpha value is -2.82. The number of rotatable bonds is 3. The average Bonchev–Trinajstić information content (AvgIpc) is 2.90. The fourth-order valence-corrected chi connectivity index (χ4v) is 2.91. The molecule has 124 valence electrons. The first kappa shape index (κ1) is 16.1. The first-order valence-electron chi connectivity index (χ1n) is 8.00. The third-order valence-electron chi connectivity index (χ3n) is 4.61. The van der Waals surface area contributed by atoms with Crippen LogP contribution in [0.25, 0.3) is 10.9 Å². The van der Waals surface area contributed by atoms with Gasteiger partial charge < -0.3 is 14.5 Å². The highest BCUT2D eigenvalue weighted by atomic mass is 16.2. The summed E-state index contributed by atoms with van der Waals surface area (Å²) in [6.45, 7) is 6.51. The van der Waals surface area contributed by atoms with E-state index in [1.807, 2.05) is 45.0 Å². The van der Waals surface area contributed by atoms with Crippen LogP contribution in [0.3, 0.4) is 0 Å². The molecule has 0 saturated heterocycles. The molecule has 24 heavy (non-hydrogen) atoms. The smallest absolute Gasteiger partial charge is 0.272 e. The number of pyridine rings is 1. The van der Waals surface area contributed by atoms with E-state index >= 15 is 0 Å². The van der Waals surface area contributed by atoms with Crippen LogP contribution in [0.2, 0.25) is 0 Å². The van der Waals surface area contributed by atoms with Gasteiger partial charge >= 0.3 is 0 Å². The van der Waals surface area contributed by atoms with Crippen LogP contribution in [0.5, 0.6) is 0 Å². The van der Waals surface area contributed by atoms with Crippen LogP contribution >= 0.6 is 0 Å². The van der Waals surface area contributed by atoms with Crippen molar-refractivity contribution in [2.45, 2.75) is 27.3 Å². The first-order chi connectivity index (χ1) is 11.4. The van der Waals surface area contributed by atoms with E-state index in [1.165, 1.54) is 0 Å². The van der Waals surface area contributed by atoms with Gasteiger partial charge in [-0.25, -0.2) is 0 Å². The molecule has 2 heterocycles. The lowest BCUT2D eigenvalue weighted by Gasteiger charge is -2.11. The van der Waals surface area contributed by atoms with Crippen LogP contribution < -0.4 is 10.9 Å². The highest BCUT2D eigenvalue weighted by molar-refractivity contribution is 6.06. The number of benzene rings is 1. The molecule has 1 aromatic carbocycles. The Bertz CT molecular complexity index is 996. The van der Waals surface area contributed by atoms with Crippen molar-refractivity contribution in [1.29, 1.82) is 0 Å². The van der Waals surface area contributed by atoms with Gasteiger partial charge in [0, 0.05) is 25.5 Å². The molecule has 5 heteroatoms. The van der Waals surface area contributed by atoms with Crippen molar-refractivity contribution in [3.63, 3.8) is 0 Å². The molecule has 0 aliphatic rings. The maximum absolute atomic E-state index is 12.7. The number of aryl methyl sites for hydroxylation is 3. The Kier molecular flexibility index (Phi) is 4.01. The zero-order valence-electron chi connectivity index (χ0n) is 14.4. The number of carbonyl (C=O) groups excluding carboxylic acids is 1. The van der Waals surface area contributed by atoms with Crippen molar-refractivity contribution >= 4 is 22.5 Å². The average molecular weight is 323 g/mol. The number of aromatic nitrogens is 2. The van der Waals surface area contributed by atoms with E-state index in [-0.39, 0.29) is 11.5 Å². The largest absolute Gasteiger partial charge is 0.339 e. The molecule has 0 bridgehead atoms. The highest BCUT2D eigenvalue weighted by Crippen LogP contribution is 2.21. The van der Waals surface area contributed by atoms with Crippen molar-refractivity contribution in [1.82, 2.24) is 9.13 Å². The summed E-state index contributed by atoms with van der Waals surface area (Å²) in [6, 6.07) is 9.35. The molecule has 0 atom stereocenters. The van der Waals surface area contributed by atoms with Gasteiger partial charge in [-0.3, -0.25) is 9.59 Å². The van der Waals surface area contributed by atoms with Crippen molar-refractivity contribution in [2.24, 2.45) is 7.05 Å². The summed E-state index contributed by atoms with van der Waals surface area (Å²) in [5, 5.41) is 3.51. The predicted octanol–water partition coefficient (Wildman–Crippen LogP) is 3.23. The normalized spacial score (nSPS) is 11.0. The summed E-state index contributed by atoms with van der Waals surface area (Å²) in [7, 11) is 1.80. The van der Waals surface area contributed by atoms with Crippen molar-refractivity contribution in [3.05, 3.63) is 63.7 Å². The van der Waals surface area contributed by atoms with Gasteiger partial charge in [-0.1, -0.05) is 12.1 Å². The zero-order valence-corrected chi connectivity index (χ0v) is 14.4. The van der Waals surface area contributed by atoms with E-state index in [1.54, 1.807) is 28.4 Å². The van der Waals surface area contributed by atoms with Crippen LogP contribution in [0, 0.1) is 13.8 Å². The van der Waals surface area contributed by atoms with E-state index in [2.05, 4.69) is 5.32 Å². The lowest BCUT2D eigenvalue weighted by atomic mass is 10.1. The molecule has 0 fully saturated rings. The second-order valence-corrected chi connectivity index (χ2v) is 6.00. The fourth-order valence-electron chi connectivity index (χ4n) is 2.91. The number of nitrogens with one attached hydrogen (secondary N) is 1. The summed E-state index contributed by atoms with van der Waals surface area (Å²) in [5.41, 5.74) is 4.11. The lowest BCUT2D eigenvalue weighted by Crippen LogP contribution is -2.17. The molecule has 0 aliphatic carbocycles. The minimum atomic E-state index is -0.218. The van der Waals surface area contributed by atoms with Crippen LogP contribution in [0.1, 0.15) is 28.5 Å². The molecule has 1 N–H and O–H groups in total. The molecule has 3 rings (SSSR count). The quantitative estimate of drug-likeness (QED) is 0.804. The Morgan fingerprint density at radius 1 is 1.21 bits per heavy atom. The molecule has 0 radical (unpaired) electrons. The van der Waals surface area contributed by atoms with Gasteiger partial charge in [0.25, 0.3) is 11.5 Å².